The Morgan fingerprint density at radius 1 is 1.33 bits per heavy atom. The second kappa shape index (κ2) is 6.03. The SMILES string of the molecule is O=C(OCc1ccccc1)N1CC(O)([C@H]2CCCCN2)C1. The Balaban J connectivity index is 1.45. The van der Waals surface area contributed by atoms with Crippen molar-refractivity contribution < 1.29 is 14.6 Å². The molecule has 2 aliphatic rings. The van der Waals surface area contributed by atoms with E-state index in [-0.39, 0.29) is 18.7 Å². The summed E-state index contributed by atoms with van der Waals surface area (Å²) < 4.78 is 5.27. The number of benzene rings is 1. The summed E-state index contributed by atoms with van der Waals surface area (Å²) in [7, 11) is 0. The maximum atomic E-state index is 11.9. The van der Waals surface area contributed by atoms with Crippen molar-refractivity contribution in [3.8, 4) is 0 Å². The van der Waals surface area contributed by atoms with Crippen molar-refractivity contribution in [2.45, 2.75) is 37.5 Å². The van der Waals surface area contributed by atoms with Crippen molar-refractivity contribution in [3.63, 3.8) is 0 Å². The Kier molecular flexibility index (Phi) is 4.12. The van der Waals surface area contributed by atoms with Gasteiger partial charge in [-0.1, -0.05) is 36.8 Å². The van der Waals surface area contributed by atoms with Crippen molar-refractivity contribution in [2.24, 2.45) is 0 Å². The summed E-state index contributed by atoms with van der Waals surface area (Å²) in [4.78, 5) is 13.5. The van der Waals surface area contributed by atoms with Crippen molar-refractivity contribution in [2.75, 3.05) is 19.6 Å². The third kappa shape index (κ3) is 3.19. The first kappa shape index (κ1) is 14.4. The van der Waals surface area contributed by atoms with Gasteiger partial charge in [-0.25, -0.2) is 4.79 Å². The van der Waals surface area contributed by atoms with Gasteiger partial charge in [-0.15, -0.1) is 0 Å². The predicted molar refractivity (Wildman–Crippen MR) is 78.8 cm³/mol. The lowest BCUT2D eigenvalue weighted by Crippen LogP contribution is -2.72. The van der Waals surface area contributed by atoms with Gasteiger partial charge >= 0.3 is 6.09 Å². The lowest BCUT2D eigenvalue weighted by Gasteiger charge is -2.50. The van der Waals surface area contributed by atoms with E-state index in [9.17, 15) is 9.90 Å². The number of carbonyl (C=O) groups excluding carboxylic acids is 1. The van der Waals surface area contributed by atoms with Crippen LogP contribution in [0, 0.1) is 0 Å². The maximum absolute atomic E-state index is 11.9. The minimum absolute atomic E-state index is 0.101. The molecule has 0 spiro atoms. The first-order valence-electron chi connectivity index (χ1n) is 7.59. The molecule has 1 aromatic rings. The fraction of sp³-hybridized carbons (Fsp3) is 0.562. The van der Waals surface area contributed by atoms with Gasteiger partial charge in [-0.2, -0.15) is 0 Å². The minimum Gasteiger partial charge on any atom is -0.445 e. The molecule has 0 radical (unpaired) electrons. The van der Waals surface area contributed by atoms with Crippen LogP contribution in [0.5, 0.6) is 0 Å². The van der Waals surface area contributed by atoms with Crippen LogP contribution in [0.3, 0.4) is 0 Å². The van der Waals surface area contributed by atoms with E-state index in [0.29, 0.717) is 13.1 Å². The Morgan fingerprint density at radius 3 is 2.76 bits per heavy atom. The Bertz CT molecular complexity index is 480. The van der Waals surface area contributed by atoms with E-state index >= 15 is 0 Å². The molecule has 2 N–H and O–H groups in total. The number of hydrogen-bond donors (Lipinski definition) is 2. The number of nitrogens with one attached hydrogen (secondary N) is 1. The van der Waals surface area contributed by atoms with Gasteiger partial charge in [-0.3, -0.25) is 0 Å². The highest BCUT2D eigenvalue weighted by Gasteiger charge is 2.49. The van der Waals surface area contributed by atoms with Crippen LogP contribution in [-0.4, -0.2) is 47.4 Å². The molecule has 5 heteroatoms. The molecular weight excluding hydrogens is 268 g/mol. The average Bonchev–Trinajstić information content (AvgIpc) is 2.51. The molecule has 1 aromatic carbocycles. The number of aliphatic hydroxyl groups is 1. The van der Waals surface area contributed by atoms with Crippen molar-refractivity contribution >= 4 is 6.09 Å². The fourth-order valence-electron chi connectivity index (χ4n) is 3.09. The van der Waals surface area contributed by atoms with Gasteiger partial charge < -0.3 is 20.1 Å². The predicted octanol–water partition coefficient (Wildman–Crippen LogP) is 1.51. The van der Waals surface area contributed by atoms with E-state index < -0.39 is 5.60 Å². The highest BCUT2D eigenvalue weighted by molar-refractivity contribution is 5.69. The molecule has 3 rings (SSSR count). The van der Waals surface area contributed by atoms with Gasteiger partial charge in [0.2, 0.25) is 0 Å². The van der Waals surface area contributed by atoms with Gasteiger partial charge in [0.05, 0.1) is 13.1 Å². The van der Waals surface area contributed by atoms with E-state index in [4.69, 9.17) is 4.74 Å². The number of hydrogen-bond acceptors (Lipinski definition) is 4. The van der Waals surface area contributed by atoms with E-state index in [1.54, 1.807) is 4.90 Å². The highest BCUT2D eigenvalue weighted by atomic mass is 16.6. The Morgan fingerprint density at radius 2 is 2.10 bits per heavy atom. The molecule has 2 aliphatic heterocycles. The Labute approximate surface area is 124 Å². The zero-order valence-corrected chi connectivity index (χ0v) is 12.1. The fourth-order valence-corrected chi connectivity index (χ4v) is 3.09. The van der Waals surface area contributed by atoms with E-state index in [0.717, 1.165) is 31.4 Å². The van der Waals surface area contributed by atoms with E-state index in [1.807, 2.05) is 30.3 Å². The highest BCUT2D eigenvalue weighted by Crippen LogP contribution is 2.29. The monoisotopic (exact) mass is 290 g/mol. The standard InChI is InChI=1S/C16H22N2O3/c19-15(21-10-13-6-2-1-3-7-13)18-11-16(20,12-18)14-8-4-5-9-17-14/h1-3,6-7,14,17,20H,4-5,8-12H2/t14-/m1/s1. The molecule has 21 heavy (non-hydrogen) atoms. The molecule has 5 nitrogen and oxygen atoms in total. The first-order chi connectivity index (χ1) is 10.2. The summed E-state index contributed by atoms with van der Waals surface area (Å²) >= 11 is 0. The van der Waals surface area contributed by atoms with Crippen LogP contribution in [0.25, 0.3) is 0 Å². The summed E-state index contributed by atoms with van der Waals surface area (Å²) in [5, 5.41) is 13.9. The smallest absolute Gasteiger partial charge is 0.410 e. The third-order valence-corrected chi connectivity index (χ3v) is 4.35. The van der Waals surface area contributed by atoms with Crippen LogP contribution in [0.4, 0.5) is 4.79 Å². The molecule has 0 aliphatic carbocycles. The molecule has 0 bridgehead atoms. The number of ether oxygens (including phenoxy) is 1. The average molecular weight is 290 g/mol. The molecule has 2 heterocycles. The minimum atomic E-state index is -0.786. The van der Waals surface area contributed by atoms with Crippen molar-refractivity contribution in [1.29, 1.82) is 0 Å². The number of β-amino-alcohol motifs (C(OH)–C–C–N with tert-alkyl or cyclic N) is 1. The molecule has 0 saturated carbocycles. The second-order valence-electron chi connectivity index (χ2n) is 6.00. The van der Waals surface area contributed by atoms with Gasteiger partial charge in [0.1, 0.15) is 12.2 Å². The zero-order valence-electron chi connectivity index (χ0n) is 12.1. The van der Waals surface area contributed by atoms with Crippen LogP contribution < -0.4 is 5.32 Å². The molecule has 1 atom stereocenters. The van der Waals surface area contributed by atoms with Crippen LogP contribution in [0.15, 0.2) is 30.3 Å². The van der Waals surface area contributed by atoms with E-state index in [2.05, 4.69) is 5.32 Å². The largest absolute Gasteiger partial charge is 0.445 e. The maximum Gasteiger partial charge on any atom is 0.410 e. The summed E-state index contributed by atoms with van der Waals surface area (Å²) in [5.41, 5.74) is 0.183. The number of carbonyl (C=O) groups is 1. The second-order valence-corrected chi connectivity index (χ2v) is 6.00. The lowest BCUT2D eigenvalue weighted by molar-refractivity contribution is -0.115. The number of likely N-dealkylation sites (tertiary alicyclic amines) is 1. The summed E-state index contributed by atoms with van der Waals surface area (Å²) in [6.45, 7) is 1.94. The lowest BCUT2D eigenvalue weighted by atomic mass is 9.82. The van der Waals surface area contributed by atoms with Crippen LogP contribution >= 0.6 is 0 Å². The topological polar surface area (TPSA) is 61.8 Å². The van der Waals surface area contributed by atoms with Gasteiger partial charge in [0, 0.05) is 6.04 Å². The molecule has 2 saturated heterocycles. The summed E-state index contributed by atoms with van der Waals surface area (Å²) in [6, 6.07) is 9.71. The summed E-state index contributed by atoms with van der Waals surface area (Å²) in [5.74, 6) is 0. The summed E-state index contributed by atoms with van der Waals surface area (Å²) in [6.07, 6.45) is 2.93. The molecule has 114 valence electrons. The van der Waals surface area contributed by atoms with Gasteiger partial charge in [0.15, 0.2) is 0 Å². The van der Waals surface area contributed by atoms with E-state index in [1.165, 1.54) is 0 Å². The van der Waals surface area contributed by atoms with Gasteiger partial charge in [-0.05, 0) is 24.9 Å². The van der Waals surface area contributed by atoms with Crippen LogP contribution in [0.2, 0.25) is 0 Å². The molecule has 0 aromatic heterocycles. The quantitative estimate of drug-likeness (QED) is 0.886. The molecular formula is C16H22N2O3. The van der Waals surface area contributed by atoms with Crippen molar-refractivity contribution in [1.82, 2.24) is 10.2 Å². The number of nitrogens with zero attached hydrogens (tertiary/aromatic N) is 1. The Hall–Kier alpha value is -1.59. The normalized spacial score (nSPS) is 24.2. The first-order valence-corrected chi connectivity index (χ1v) is 7.59. The van der Waals surface area contributed by atoms with Crippen LogP contribution in [0.1, 0.15) is 24.8 Å². The van der Waals surface area contributed by atoms with Crippen LogP contribution in [-0.2, 0) is 11.3 Å². The third-order valence-electron chi connectivity index (χ3n) is 4.35. The number of piperidine rings is 1. The molecule has 1 amide bonds. The van der Waals surface area contributed by atoms with Gasteiger partial charge in [0.25, 0.3) is 0 Å². The number of rotatable bonds is 3. The zero-order chi connectivity index (χ0) is 14.7. The molecule has 2 fully saturated rings. The molecule has 0 unspecified atom stereocenters. The van der Waals surface area contributed by atoms with Crippen molar-refractivity contribution in [3.05, 3.63) is 35.9 Å². The number of amides is 1.